The SMILES string of the molecule is Cc1cccc(-n2c(=S)[nH]c3cc(C(=O)NC4(C#N)CCCCC4)ccc3c2=O)c1C. The zero-order chi connectivity index (χ0) is 22.2. The molecule has 0 aliphatic heterocycles. The Bertz CT molecular complexity index is 1340. The summed E-state index contributed by atoms with van der Waals surface area (Å²) in [4.78, 5) is 29.2. The molecule has 31 heavy (non-hydrogen) atoms. The molecule has 158 valence electrons. The van der Waals surface area contributed by atoms with Crippen LogP contribution < -0.4 is 10.9 Å². The maximum atomic E-state index is 13.2. The Morgan fingerprint density at radius 3 is 2.65 bits per heavy atom. The highest BCUT2D eigenvalue weighted by molar-refractivity contribution is 7.71. The van der Waals surface area contributed by atoms with Crippen LogP contribution in [0.2, 0.25) is 0 Å². The molecule has 0 atom stereocenters. The van der Waals surface area contributed by atoms with Crippen LogP contribution in [0.5, 0.6) is 0 Å². The van der Waals surface area contributed by atoms with E-state index in [9.17, 15) is 14.9 Å². The normalized spacial score (nSPS) is 15.4. The van der Waals surface area contributed by atoms with E-state index in [1.165, 1.54) is 4.57 Å². The van der Waals surface area contributed by atoms with Crippen molar-refractivity contribution in [1.29, 1.82) is 5.26 Å². The van der Waals surface area contributed by atoms with Gasteiger partial charge in [-0.3, -0.25) is 14.2 Å². The van der Waals surface area contributed by atoms with Gasteiger partial charge in [0.05, 0.1) is 22.7 Å². The predicted octanol–water partition coefficient (Wildman–Crippen LogP) is 4.62. The van der Waals surface area contributed by atoms with Crippen molar-refractivity contribution in [3.63, 3.8) is 0 Å². The smallest absolute Gasteiger partial charge is 0.266 e. The maximum absolute atomic E-state index is 13.2. The van der Waals surface area contributed by atoms with Crippen LogP contribution in [0.4, 0.5) is 0 Å². The minimum Gasteiger partial charge on any atom is -0.334 e. The van der Waals surface area contributed by atoms with Crippen LogP contribution in [0.15, 0.2) is 41.2 Å². The lowest BCUT2D eigenvalue weighted by molar-refractivity contribution is 0.0903. The Labute approximate surface area is 185 Å². The number of aromatic nitrogens is 2. The van der Waals surface area contributed by atoms with Crippen LogP contribution in [-0.4, -0.2) is 21.0 Å². The molecular weight excluding hydrogens is 408 g/mol. The third kappa shape index (κ3) is 3.79. The summed E-state index contributed by atoms with van der Waals surface area (Å²) >= 11 is 5.49. The topological polar surface area (TPSA) is 90.7 Å². The van der Waals surface area contributed by atoms with Crippen LogP contribution in [0.1, 0.15) is 53.6 Å². The molecular formula is C24H24N4O2S. The fourth-order valence-electron chi connectivity index (χ4n) is 4.27. The van der Waals surface area contributed by atoms with Crippen molar-refractivity contribution in [2.75, 3.05) is 0 Å². The zero-order valence-corrected chi connectivity index (χ0v) is 18.4. The molecule has 1 aliphatic carbocycles. The number of carbonyl (C=O) groups is 1. The molecule has 1 aliphatic rings. The van der Waals surface area contributed by atoms with Gasteiger partial charge in [-0.25, -0.2) is 0 Å². The fourth-order valence-corrected chi connectivity index (χ4v) is 4.56. The van der Waals surface area contributed by atoms with Gasteiger partial charge in [-0.1, -0.05) is 31.4 Å². The first-order chi connectivity index (χ1) is 14.8. The number of rotatable bonds is 3. The summed E-state index contributed by atoms with van der Waals surface area (Å²) < 4.78 is 1.76. The molecule has 0 unspecified atom stereocenters. The van der Waals surface area contributed by atoms with Crippen LogP contribution in [-0.2, 0) is 0 Å². The molecule has 7 heteroatoms. The van der Waals surface area contributed by atoms with Gasteiger partial charge in [0.25, 0.3) is 11.5 Å². The van der Waals surface area contributed by atoms with Crippen molar-refractivity contribution in [3.05, 3.63) is 68.2 Å². The van der Waals surface area contributed by atoms with Gasteiger partial charge in [-0.2, -0.15) is 5.26 Å². The Morgan fingerprint density at radius 1 is 1.19 bits per heavy atom. The first-order valence-corrected chi connectivity index (χ1v) is 10.9. The van der Waals surface area contributed by atoms with Crippen molar-refractivity contribution in [2.45, 2.75) is 51.5 Å². The molecule has 2 N–H and O–H groups in total. The van der Waals surface area contributed by atoms with E-state index in [1.807, 2.05) is 32.0 Å². The molecule has 0 bridgehead atoms. The third-order valence-electron chi connectivity index (χ3n) is 6.25. The average Bonchev–Trinajstić information content (AvgIpc) is 2.76. The standard InChI is InChI=1S/C24H24N4O2S/c1-15-7-6-8-20(16(15)2)28-22(30)18-10-9-17(13-19(18)26-23(28)31)21(29)27-24(14-25)11-4-3-5-12-24/h6-10,13H,3-5,11-12H2,1-2H3,(H,26,31)(H,27,29). The first kappa shape index (κ1) is 21.0. The Hall–Kier alpha value is -3.24. The summed E-state index contributed by atoms with van der Waals surface area (Å²) in [5, 5.41) is 13.0. The van der Waals surface area contributed by atoms with Gasteiger partial charge in [-0.15, -0.1) is 0 Å². The lowest BCUT2D eigenvalue weighted by atomic mass is 9.82. The number of H-pyrrole nitrogens is 1. The van der Waals surface area contributed by atoms with Gasteiger partial charge in [0.15, 0.2) is 4.77 Å². The minimum atomic E-state index is -0.816. The van der Waals surface area contributed by atoms with Crippen molar-refractivity contribution in [2.24, 2.45) is 0 Å². The van der Waals surface area contributed by atoms with E-state index >= 15 is 0 Å². The Kier molecular flexibility index (Phi) is 5.50. The molecule has 0 saturated heterocycles. The highest BCUT2D eigenvalue weighted by Gasteiger charge is 2.33. The molecule has 3 aromatic rings. The first-order valence-electron chi connectivity index (χ1n) is 10.4. The molecule has 0 spiro atoms. The van der Waals surface area contributed by atoms with Gasteiger partial charge in [0.2, 0.25) is 0 Å². The summed E-state index contributed by atoms with van der Waals surface area (Å²) in [6.07, 6.45) is 4.25. The molecule has 2 aromatic carbocycles. The predicted molar refractivity (Wildman–Crippen MR) is 123 cm³/mol. The van der Waals surface area contributed by atoms with E-state index in [0.29, 0.717) is 29.3 Å². The van der Waals surface area contributed by atoms with Gasteiger partial charge >= 0.3 is 0 Å². The summed E-state index contributed by atoms with van der Waals surface area (Å²) in [7, 11) is 0. The molecule has 1 saturated carbocycles. The van der Waals surface area contributed by atoms with Crippen LogP contribution in [0.3, 0.4) is 0 Å². The van der Waals surface area contributed by atoms with E-state index in [4.69, 9.17) is 12.2 Å². The second-order valence-corrected chi connectivity index (χ2v) is 8.65. The summed E-state index contributed by atoms with van der Waals surface area (Å²) in [6, 6.07) is 12.9. The number of hydrogen-bond donors (Lipinski definition) is 2. The van der Waals surface area contributed by atoms with Crippen molar-refractivity contribution < 1.29 is 4.79 Å². The number of fused-ring (bicyclic) bond motifs is 1. The lowest BCUT2D eigenvalue weighted by Crippen LogP contribution is -2.48. The van der Waals surface area contributed by atoms with E-state index in [2.05, 4.69) is 16.4 Å². The Morgan fingerprint density at radius 2 is 1.94 bits per heavy atom. The number of nitrogens with zero attached hydrogens (tertiary/aromatic N) is 2. The summed E-state index contributed by atoms with van der Waals surface area (Å²) in [5.41, 5.74) is 2.63. The van der Waals surface area contributed by atoms with E-state index in [-0.39, 0.29) is 16.2 Å². The zero-order valence-electron chi connectivity index (χ0n) is 17.6. The number of aromatic amines is 1. The number of amides is 1. The minimum absolute atomic E-state index is 0.236. The van der Waals surface area contributed by atoms with Crippen molar-refractivity contribution in [3.8, 4) is 11.8 Å². The van der Waals surface area contributed by atoms with Crippen LogP contribution in [0, 0.1) is 29.9 Å². The molecule has 1 amide bonds. The third-order valence-corrected chi connectivity index (χ3v) is 6.54. The van der Waals surface area contributed by atoms with Gasteiger partial charge < -0.3 is 10.3 Å². The number of nitriles is 1. The Balaban J connectivity index is 1.75. The van der Waals surface area contributed by atoms with Gasteiger partial charge in [-0.05, 0) is 74.3 Å². The van der Waals surface area contributed by atoms with E-state index in [0.717, 1.165) is 36.1 Å². The molecule has 1 aromatic heterocycles. The maximum Gasteiger partial charge on any atom is 0.266 e. The summed E-state index contributed by atoms with van der Waals surface area (Å²) in [6.45, 7) is 3.95. The highest BCUT2D eigenvalue weighted by atomic mass is 32.1. The second-order valence-electron chi connectivity index (χ2n) is 8.26. The van der Waals surface area contributed by atoms with E-state index in [1.54, 1.807) is 18.2 Å². The second kappa shape index (κ2) is 8.12. The lowest BCUT2D eigenvalue weighted by Gasteiger charge is -2.31. The number of hydrogen-bond acceptors (Lipinski definition) is 4. The number of aryl methyl sites for hydroxylation is 1. The fraction of sp³-hybridized carbons (Fsp3) is 0.333. The van der Waals surface area contributed by atoms with Crippen molar-refractivity contribution in [1.82, 2.24) is 14.9 Å². The van der Waals surface area contributed by atoms with Gasteiger partial charge in [0, 0.05) is 5.56 Å². The highest BCUT2D eigenvalue weighted by Crippen LogP contribution is 2.28. The van der Waals surface area contributed by atoms with E-state index < -0.39 is 5.54 Å². The number of nitrogens with one attached hydrogen (secondary N) is 2. The molecule has 4 rings (SSSR count). The average molecular weight is 433 g/mol. The van der Waals surface area contributed by atoms with Crippen LogP contribution in [0.25, 0.3) is 16.6 Å². The van der Waals surface area contributed by atoms with Gasteiger partial charge in [0.1, 0.15) is 5.54 Å². The van der Waals surface area contributed by atoms with Crippen molar-refractivity contribution >= 4 is 29.0 Å². The quantitative estimate of drug-likeness (QED) is 0.591. The number of carbonyl (C=O) groups excluding carboxylic acids is 1. The van der Waals surface area contributed by atoms with Crippen LogP contribution >= 0.6 is 12.2 Å². The molecule has 1 heterocycles. The molecule has 1 fully saturated rings. The summed E-state index contributed by atoms with van der Waals surface area (Å²) in [5.74, 6) is -0.316. The largest absolute Gasteiger partial charge is 0.334 e. The number of benzene rings is 2. The molecule has 0 radical (unpaired) electrons. The molecule has 6 nitrogen and oxygen atoms in total. The monoisotopic (exact) mass is 432 g/mol.